The van der Waals surface area contributed by atoms with E-state index in [-0.39, 0.29) is 11.8 Å². The van der Waals surface area contributed by atoms with Gasteiger partial charge in [-0.25, -0.2) is 0 Å². The molecule has 2 amide bonds. The molecule has 1 aromatic heterocycles. The number of amides is 2. The van der Waals surface area contributed by atoms with Crippen LogP contribution in [0.4, 0.5) is 11.4 Å². The molecule has 1 saturated heterocycles. The lowest BCUT2D eigenvalue weighted by molar-refractivity contribution is -0.118. The molecule has 0 aliphatic carbocycles. The van der Waals surface area contributed by atoms with Crippen molar-refractivity contribution in [2.75, 3.05) is 43.5 Å². The zero-order valence-corrected chi connectivity index (χ0v) is 16.3. The second-order valence-corrected chi connectivity index (χ2v) is 7.14. The minimum Gasteiger partial charge on any atom is -0.379 e. The molecule has 0 bridgehead atoms. The van der Waals surface area contributed by atoms with Gasteiger partial charge in [0.15, 0.2) is 0 Å². The molecule has 0 radical (unpaired) electrons. The Morgan fingerprint density at radius 2 is 1.66 bits per heavy atom. The molecule has 2 aromatic carbocycles. The zero-order valence-electron chi connectivity index (χ0n) is 16.3. The number of benzene rings is 2. The molecule has 3 N–H and O–H groups in total. The zero-order chi connectivity index (χ0) is 20.2. The van der Waals surface area contributed by atoms with E-state index in [9.17, 15) is 9.59 Å². The second-order valence-electron chi connectivity index (χ2n) is 7.14. The van der Waals surface area contributed by atoms with Crippen molar-refractivity contribution >= 4 is 34.1 Å². The van der Waals surface area contributed by atoms with Crippen molar-refractivity contribution in [3.8, 4) is 0 Å². The molecule has 7 nitrogen and oxygen atoms in total. The summed E-state index contributed by atoms with van der Waals surface area (Å²) in [5.74, 6) is -0.220. The number of para-hydroxylation sites is 1. The largest absolute Gasteiger partial charge is 0.379 e. The van der Waals surface area contributed by atoms with Gasteiger partial charge in [-0.15, -0.1) is 0 Å². The molecule has 2 heterocycles. The van der Waals surface area contributed by atoms with Gasteiger partial charge in [-0.1, -0.05) is 18.2 Å². The maximum absolute atomic E-state index is 12.8. The van der Waals surface area contributed by atoms with Gasteiger partial charge in [0.25, 0.3) is 5.91 Å². The van der Waals surface area contributed by atoms with Gasteiger partial charge in [0.05, 0.1) is 25.3 Å². The van der Waals surface area contributed by atoms with Crippen LogP contribution < -0.4 is 10.6 Å². The van der Waals surface area contributed by atoms with E-state index in [1.807, 2.05) is 31.2 Å². The number of nitrogens with zero attached hydrogens (tertiary/aromatic N) is 1. The van der Waals surface area contributed by atoms with E-state index in [1.165, 1.54) is 0 Å². The fourth-order valence-corrected chi connectivity index (χ4v) is 3.56. The molecule has 7 heteroatoms. The Hall–Kier alpha value is -3.16. The minimum atomic E-state index is -0.163. The summed E-state index contributed by atoms with van der Waals surface area (Å²) < 4.78 is 5.29. The summed E-state index contributed by atoms with van der Waals surface area (Å²) in [5, 5.41) is 6.72. The van der Waals surface area contributed by atoms with Crippen LogP contribution in [0.3, 0.4) is 0 Å². The standard InChI is InChI=1S/C22H24N4O3/c1-15-21(18-4-2-3-5-19(18)23-15)22(28)25-17-8-6-16(7-9-17)24-20(27)14-26-10-12-29-13-11-26/h2-9,23H,10-14H2,1H3,(H,24,27)(H,25,28). The topological polar surface area (TPSA) is 86.5 Å². The average Bonchev–Trinajstić information content (AvgIpc) is 3.06. The van der Waals surface area contributed by atoms with Gasteiger partial charge in [-0.2, -0.15) is 0 Å². The van der Waals surface area contributed by atoms with Crippen LogP contribution in [0.5, 0.6) is 0 Å². The van der Waals surface area contributed by atoms with Crippen LogP contribution in [0, 0.1) is 6.92 Å². The third-order valence-electron chi connectivity index (χ3n) is 5.02. The molecule has 0 saturated carbocycles. The van der Waals surface area contributed by atoms with Gasteiger partial charge in [0, 0.05) is 41.1 Å². The predicted octanol–water partition coefficient (Wildman–Crippen LogP) is 3.00. The van der Waals surface area contributed by atoms with Crippen LogP contribution in [0.1, 0.15) is 16.1 Å². The molecule has 0 atom stereocenters. The lowest BCUT2D eigenvalue weighted by atomic mass is 10.1. The van der Waals surface area contributed by atoms with Crippen LogP contribution in [0.15, 0.2) is 48.5 Å². The summed E-state index contributed by atoms with van der Waals surface area (Å²) in [7, 11) is 0. The van der Waals surface area contributed by atoms with Crippen LogP contribution in [0.2, 0.25) is 0 Å². The Labute approximate surface area is 169 Å². The maximum atomic E-state index is 12.8. The van der Waals surface area contributed by atoms with Crippen molar-refractivity contribution in [1.82, 2.24) is 9.88 Å². The summed E-state index contributed by atoms with van der Waals surface area (Å²) in [6.45, 7) is 5.11. The lowest BCUT2D eigenvalue weighted by Crippen LogP contribution is -2.41. The van der Waals surface area contributed by atoms with Gasteiger partial charge in [-0.05, 0) is 37.3 Å². The highest BCUT2D eigenvalue weighted by molar-refractivity contribution is 6.14. The van der Waals surface area contributed by atoms with E-state index in [2.05, 4.69) is 20.5 Å². The van der Waals surface area contributed by atoms with Gasteiger partial charge < -0.3 is 20.4 Å². The van der Waals surface area contributed by atoms with Gasteiger partial charge in [-0.3, -0.25) is 14.5 Å². The van der Waals surface area contributed by atoms with Crippen LogP contribution in [-0.2, 0) is 9.53 Å². The molecule has 1 aliphatic heterocycles. The highest BCUT2D eigenvalue weighted by Crippen LogP contribution is 2.23. The van der Waals surface area contributed by atoms with Crippen LogP contribution in [-0.4, -0.2) is 54.5 Å². The van der Waals surface area contributed by atoms with E-state index in [0.29, 0.717) is 36.7 Å². The Balaban J connectivity index is 1.38. The molecule has 0 spiro atoms. The highest BCUT2D eigenvalue weighted by atomic mass is 16.5. The normalized spacial score (nSPS) is 14.7. The summed E-state index contributed by atoms with van der Waals surface area (Å²) in [6.07, 6.45) is 0. The Bertz CT molecular complexity index is 1020. The Kier molecular flexibility index (Phi) is 5.59. The third kappa shape index (κ3) is 4.47. The first kappa shape index (κ1) is 19.2. The molecular weight excluding hydrogens is 368 g/mol. The van der Waals surface area contributed by atoms with Crippen molar-refractivity contribution < 1.29 is 14.3 Å². The van der Waals surface area contributed by atoms with Gasteiger partial charge >= 0.3 is 0 Å². The number of carbonyl (C=O) groups excluding carboxylic acids is 2. The molecule has 4 rings (SSSR count). The first-order valence-corrected chi connectivity index (χ1v) is 9.69. The van der Waals surface area contributed by atoms with E-state index in [4.69, 9.17) is 4.74 Å². The summed E-state index contributed by atoms with van der Waals surface area (Å²) in [4.78, 5) is 30.3. The first-order chi connectivity index (χ1) is 14.1. The van der Waals surface area contributed by atoms with Crippen molar-refractivity contribution in [2.45, 2.75) is 6.92 Å². The van der Waals surface area contributed by atoms with Crippen molar-refractivity contribution in [3.63, 3.8) is 0 Å². The number of hydrogen-bond acceptors (Lipinski definition) is 4. The molecular formula is C22H24N4O3. The quantitative estimate of drug-likeness (QED) is 0.623. The molecule has 1 fully saturated rings. The lowest BCUT2D eigenvalue weighted by Gasteiger charge is -2.25. The van der Waals surface area contributed by atoms with Crippen molar-refractivity contribution in [3.05, 3.63) is 59.8 Å². The SMILES string of the molecule is Cc1[nH]c2ccccc2c1C(=O)Nc1ccc(NC(=O)CN2CCOCC2)cc1. The summed E-state index contributed by atoms with van der Waals surface area (Å²) in [6, 6.07) is 14.9. The third-order valence-corrected chi connectivity index (χ3v) is 5.02. The van der Waals surface area contributed by atoms with Crippen molar-refractivity contribution in [1.29, 1.82) is 0 Å². The minimum absolute atomic E-state index is 0.0573. The first-order valence-electron chi connectivity index (χ1n) is 9.69. The number of rotatable bonds is 5. The maximum Gasteiger partial charge on any atom is 0.258 e. The number of ether oxygens (including phenoxy) is 1. The number of H-pyrrole nitrogens is 1. The average molecular weight is 392 g/mol. The van der Waals surface area contributed by atoms with E-state index in [0.717, 1.165) is 29.7 Å². The van der Waals surface area contributed by atoms with E-state index >= 15 is 0 Å². The summed E-state index contributed by atoms with van der Waals surface area (Å²) >= 11 is 0. The predicted molar refractivity (Wildman–Crippen MR) is 113 cm³/mol. The van der Waals surface area contributed by atoms with Gasteiger partial charge in [0.2, 0.25) is 5.91 Å². The number of morpholine rings is 1. The number of fused-ring (bicyclic) bond motifs is 1. The van der Waals surface area contributed by atoms with Crippen LogP contribution >= 0.6 is 0 Å². The number of aryl methyl sites for hydroxylation is 1. The van der Waals surface area contributed by atoms with E-state index in [1.54, 1.807) is 24.3 Å². The van der Waals surface area contributed by atoms with Crippen molar-refractivity contribution in [2.24, 2.45) is 0 Å². The smallest absolute Gasteiger partial charge is 0.258 e. The van der Waals surface area contributed by atoms with Crippen LogP contribution in [0.25, 0.3) is 10.9 Å². The summed E-state index contributed by atoms with van der Waals surface area (Å²) in [5.41, 5.74) is 3.78. The second kappa shape index (κ2) is 8.46. The fraction of sp³-hybridized carbons (Fsp3) is 0.273. The molecule has 1 aliphatic rings. The highest BCUT2D eigenvalue weighted by Gasteiger charge is 2.16. The molecule has 29 heavy (non-hydrogen) atoms. The number of nitrogens with one attached hydrogen (secondary N) is 3. The number of hydrogen-bond donors (Lipinski definition) is 3. The molecule has 0 unspecified atom stereocenters. The van der Waals surface area contributed by atoms with E-state index < -0.39 is 0 Å². The number of aromatic amines is 1. The Morgan fingerprint density at radius 3 is 2.38 bits per heavy atom. The molecule has 150 valence electrons. The number of anilines is 2. The monoisotopic (exact) mass is 392 g/mol. The Morgan fingerprint density at radius 1 is 1.00 bits per heavy atom. The number of carbonyl (C=O) groups is 2. The van der Waals surface area contributed by atoms with Gasteiger partial charge in [0.1, 0.15) is 0 Å². The fourth-order valence-electron chi connectivity index (χ4n) is 3.56. The molecule has 3 aromatic rings. The number of aromatic nitrogens is 1.